The van der Waals surface area contributed by atoms with E-state index in [9.17, 15) is 18.0 Å². The standard InChI is InChI=1S/C11H8F3NO2/c12-11(13,14)17-10-5-4-8(7-9(10)15)3-1-2-6-16/h4-7H,2,15H2. The number of carbonyl (C=O) groups is 1. The summed E-state index contributed by atoms with van der Waals surface area (Å²) in [5.41, 5.74) is 5.62. The van der Waals surface area contributed by atoms with E-state index in [2.05, 4.69) is 16.6 Å². The number of aldehydes is 1. The molecule has 0 aliphatic rings. The van der Waals surface area contributed by atoms with Crippen LogP contribution in [0.1, 0.15) is 12.0 Å². The summed E-state index contributed by atoms with van der Waals surface area (Å²) in [7, 11) is 0. The van der Waals surface area contributed by atoms with Crippen LogP contribution in [0.4, 0.5) is 18.9 Å². The van der Waals surface area contributed by atoms with E-state index in [1.165, 1.54) is 12.1 Å². The molecule has 1 rings (SSSR count). The van der Waals surface area contributed by atoms with Crippen LogP contribution in [0.3, 0.4) is 0 Å². The van der Waals surface area contributed by atoms with Crippen molar-refractivity contribution >= 4 is 12.0 Å². The highest BCUT2D eigenvalue weighted by molar-refractivity contribution is 5.59. The maximum absolute atomic E-state index is 11.9. The minimum absolute atomic E-state index is 0.0563. The van der Waals surface area contributed by atoms with Crippen LogP contribution in [0.5, 0.6) is 5.75 Å². The van der Waals surface area contributed by atoms with Crippen molar-refractivity contribution < 1.29 is 22.7 Å². The molecule has 0 fully saturated rings. The van der Waals surface area contributed by atoms with Gasteiger partial charge in [0.15, 0.2) is 5.75 Å². The molecule has 0 saturated heterocycles. The van der Waals surface area contributed by atoms with Gasteiger partial charge in [-0.2, -0.15) is 0 Å². The van der Waals surface area contributed by atoms with Crippen LogP contribution in [0.2, 0.25) is 0 Å². The van der Waals surface area contributed by atoms with Crippen LogP contribution in [-0.2, 0) is 4.79 Å². The second-order valence-electron chi connectivity index (χ2n) is 2.97. The molecular weight excluding hydrogens is 235 g/mol. The van der Waals surface area contributed by atoms with Crippen LogP contribution in [0.15, 0.2) is 18.2 Å². The molecule has 6 heteroatoms. The third kappa shape index (κ3) is 4.47. The lowest BCUT2D eigenvalue weighted by molar-refractivity contribution is -0.274. The van der Waals surface area contributed by atoms with Gasteiger partial charge in [-0.25, -0.2) is 0 Å². The van der Waals surface area contributed by atoms with E-state index in [1.54, 1.807) is 0 Å². The Morgan fingerprint density at radius 3 is 2.65 bits per heavy atom. The van der Waals surface area contributed by atoms with Crippen molar-refractivity contribution in [2.45, 2.75) is 12.8 Å². The summed E-state index contributed by atoms with van der Waals surface area (Å²) in [5.74, 6) is 4.61. The number of nitrogen functional groups attached to an aromatic ring is 1. The zero-order chi connectivity index (χ0) is 12.9. The first-order valence-corrected chi connectivity index (χ1v) is 4.50. The van der Waals surface area contributed by atoms with E-state index < -0.39 is 12.1 Å². The number of hydrogen-bond acceptors (Lipinski definition) is 3. The number of ether oxygens (including phenoxy) is 1. The smallest absolute Gasteiger partial charge is 0.404 e. The van der Waals surface area contributed by atoms with Crippen molar-refractivity contribution in [3.63, 3.8) is 0 Å². The van der Waals surface area contributed by atoms with Gasteiger partial charge in [0, 0.05) is 5.56 Å². The first-order chi connectivity index (χ1) is 7.92. The van der Waals surface area contributed by atoms with Gasteiger partial charge in [-0.1, -0.05) is 11.8 Å². The molecule has 1 aromatic rings. The van der Waals surface area contributed by atoms with Crippen LogP contribution in [0, 0.1) is 11.8 Å². The number of carbonyl (C=O) groups excluding carboxylic acids is 1. The zero-order valence-electron chi connectivity index (χ0n) is 8.54. The summed E-state index contributed by atoms with van der Waals surface area (Å²) < 4.78 is 39.5. The molecule has 0 atom stereocenters. The van der Waals surface area contributed by atoms with E-state index in [0.29, 0.717) is 11.8 Å². The van der Waals surface area contributed by atoms with Gasteiger partial charge in [0.25, 0.3) is 0 Å². The average molecular weight is 243 g/mol. The molecule has 0 spiro atoms. The highest BCUT2D eigenvalue weighted by Gasteiger charge is 2.31. The fourth-order valence-corrected chi connectivity index (χ4v) is 1.04. The van der Waals surface area contributed by atoms with Gasteiger partial charge in [-0.05, 0) is 18.2 Å². The Hall–Kier alpha value is -2.16. The molecule has 0 bridgehead atoms. The van der Waals surface area contributed by atoms with Gasteiger partial charge in [-0.3, -0.25) is 0 Å². The third-order valence-corrected chi connectivity index (χ3v) is 1.65. The van der Waals surface area contributed by atoms with E-state index in [0.717, 1.165) is 6.07 Å². The topological polar surface area (TPSA) is 52.3 Å². The molecule has 3 nitrogen and oxygen atoms in total. The van der Waals surface area contributed by atoms with Gasteiger partial charge < -0.3 is 15.3 Å². The molecule has 90 valence electrons. The lowest BCUT2D eigenvalue weighted by Gasteiger charge is -2.10. The number of alkyl halides is 3. The summed E-state index contributed by atoms with van der Waals surface area (Å²) in [6, 6.07) is 3.65. The van der Waals surface area contributed by atoms with E-state index in [4.69, 9.17) is 5.73 Å². The van der Waals surface area contributed by atoms with Crippen LogP contribution in [-0.4, -0.2) is 12.6 Å². The monoisotopic (exact) mass is 243 g/mol. The number of nitrogens with two attached hydrogens (primary N) is 1. The maximum Gasteiger partial charge on any atom is 0.573 e. The zero-order valence-corrected chi connectivity index (χ0v) is 8.54. The molecule has 1 aromatic carbocycles. The summed E-state index contributed by atoms with van der Waals surface area (Å²) in [6.07, 6.45) is -4.10. The van der Waals surface area contributed by atoms with Crippen molar-refractivity contribution in [1.82, 2.24) is 0 Å². The summed E-state index contributed by atoms with van der Waals surface area (Å²) >= 11 is 0. The van der Waals surface area contributed by atoms with Crippen molar-refractivity contribution in [3.8, 4) is 17.6 Å². The van der Waals surface area contributed by atoms with Crippen LogP contribution in [0.25, 0.3) is 0 Å². The lowest BCUT2D eigenvalue weighted by Crippen LogP contribution is -2.18. The fraction of sp³-hybridized carbons (Fsp3) is 0.182. The predicted molar refractivity (Wildman–Crippen MR) is 55.1 cm³/mol. The van der Waals surface area contributed by atoms with E-state index in [-0.39, 0.29) is 12.1 Å². The van der Waals surface area contributed by atoms with Gasteiger partial charge in [0.2, 0.25) is 0 Å². The number of halogens is 3. The first-order valence-electron chi connectivity index (χ1n) is 4.50. The largest absolute Gasteiger partial charge is 0.573 e. The number of rotatable bonds is 2. The molecular formula is C11H8F3NO2. The lowest BCUT2D eigenvalue weighted by atomic mass is 10.2. The molecule has 17 heavy (non-hydrogen) atoms. The van der Waals surface area contributed by atoms with E-state index in [1.807, 2.05) is 0 Å². The highest BCUT2D eigenvalue weighted by Crippen LogP contribution is 2.28. The molecule has 0 amide bonds. The van der Waals surface area contributed by atoms with Crippen molar-refractivity contribution in [1.29, 1.82) is 0 Å². The van der Waals surface area contributed by atoms with Crippen molar-refractivity contribution in [2.75, 3.05) is 5.73 Å². The molecule has 0 aliphatic heterocycles. The summed E-state index contributed by atoms with van der Waals surface area (Å²) in [6.45, 7) is 0. The maximum atomic E-state index is 11.9. The quantitative estimate of drug-likeness (QED) is 0.491. The molecule has 0 aromatic heterocycles. The minimum Gasteiger partial charge on any atom is -0.404 e. The fourth-order valence-electron chi connectivity index (χ4n) is 1.04. The van der Waals surface area contributed by atoms with Crippen LogP contribution < -0.4 is 10.5 Å². The molecule has 0 unspecified atom stereocenters. The van der Waals surface area contributed by atoms with Gasteiger partial charge in [-0.15, -0.1) is 13.2 Å². The van der Waals surface area contributed by atoms with Crippen LogP contribution >= 0.6 is 0 Å². The number of anilines is 1. The Kier molecular flexibility index (Phi) is 3.99. The normalized spacial score (nSPS) is 10.3. The molecule has 0 saturated carbocycles. The van der Waals surface area contributed by atoms with Gasteiger partial charge in [0.1, 0.15) is 6.29 Å². The third-order valence-electron chi connectivity index (χ3n) is 1.65. The highest BCUT2D eigenvalue weighted by atomic mass is 19.4. The van der Waals surface area contributed by atoms with E-state index >= 15 is 0 Å². The van der Waals surface area contributed by atoms with Crippen molar-refractivity contribution in [2.24, 2.45) is 0 Å². The molecule has 2 N–H and O–H groups in total. The summed E-state index contributed by atoms with van der Waals surface area (Å²) in [4.78, 5) is 10.0. The Morgan fingerprint density at radius 2 is 2.12 bits per heavy atom. The Balaban J connectivity index is 2.87. The van der Waals surface area contributed by atoms with Gasteiger partial charge >= 0.3 is 6.36 Å². The predicted octanol–water partition coefficient (Wildman–Crippen LogP) is 2.11. The second-order valence-corrected chi connectivity index (χ2v) is 2.97. The SMILES string of the molecule is Nc1cc(C#CCC=O)ccc1OC(F)(F)F. The average Bonchev–Trinajstić information content (AvgIpc) is 2.21. The Morgan fingerprint density at radius 1 is 1.41 bits per heavy atom. The summed E-state index contributed by atoms with van der Waals surface area (Å²) in [5, 5.41) is 0. The molecule has 0 aliphatic carbocycles. The first kappa shape index (κ1) is 12.9. The number of hydrogen-bond donors (Lipinski definition) is 1. The Labute approximate surface area is 95.4 Å². The minimum atomic E-state index is -4.78. The van der Waals surface area contributed by atoms with Crippen molar-refractivity contribution in [3.05, 3.63) is 23.8 Å². The molecule has 0 heterocycles. The number of benzene rings is 1. The van der Waals surface area contributed by atoms with Gasteiger partial charge in [0.05, 0.1) is 12.1 Å². The molecule has 0 radical (unpaired) electrons. The second kappa shape index (κ2) is 5.25. The Bertz CT molecular complexity index is 472.